The summed E-state index contributed by atoms with van der Waals surface area (Å²) >= 11 is 0. The maximum atomic E-state index is 12.5. The molecule has 0 fully saturated rings. The van der Waals surface area contributed by atoms with Crippen molar-refractivity contribution in [2.45, 2.75) is 40.7 Å². The van der Waals surface area contributed by atoms with Gasteiger partial charge in [0.05, 0.1) is 0 Å². The fourth-order valence-corrected chi connectivity index (χ4v) is 2.01. The van der Waals surface area contributed by atoms with Crippen LogP contribution in [0.3, 0.4) is 0 Å². The Morgan fingerprint density at radius 1 is 1.24 bits per heavy atom. The van der Waals surface area contributed by atoms with Gasteiger partial charge in [-0.1, -0.05) is 39.0 Å². The number of ketones is 1. The summed E-state index contributed by atoms with van der Waals surface area (Å²) in [6, 6.07) is 5.82. The molecule has 1 unspecified atom stereocenters. The molecule has 1 atom stereocenters. The van der Waals surface area contributed by atoms with Crippen molar-refractivity contribution >= 4 is 5.78 Å². The van der Waals surface area contributed by atoms with E-state index in [9.17, 15) is 4.79 Å². The number of aryl methyl sites for hydroxylation is 1. The van der Waals surface area contributed by atoms with Crippen molar-refractivity contribution in [2.24, 2.45) is 5.41 Å². The van der Waals surface area contributed by atoms with Gasteiger partial charge in [0.1, 0.15) is 6.10 Å². The van der Waals surface area contributed by atoms with Gasteiger partial charge >= 0.3 is 0 Å². The van der Waals surface area contributed by atoms with Crippen molar-refractivity contribution in [3.8, 4) is 0 Å². The predicted octanol–water partition coefficient (Wildman–Crippen LogP) is 3.55. The Morgan fingerprint density at radius 3 is 2.29 bits per heavy atom. The molecule has 0 amide bonds. The summed E-state index contributed by atoms with van der Waals surface area (Å²) in [5, 5.41) is 0. The van der Waals surface area contributed by atoms with Crippen LogP contribution in [0.1, 0.15) is 42.3 Å². The fourth-order valence-electron chi connectivity index (χ4n) is 2.01. The molecule has 17 heavy (non-hydrogen) atoms. The Bertz CT molecular complexity index is 413. The van der Waals surface area contributed by atoms with Crippen LogP contribution in [0.25, 0.3) is 0 Å². The summed E-state index contributed by atoms with van der Waals surface area (Å²) in [6.07, 6.45) is -0.400. The minimum absolute atomic E-state index is 0.0706. The zero-order valence-electron chi connectivity index (χ0n) is 11.6. The maximum Gasteiger partial charge on any atom is 0.192 e. The lowest BCUT2D eigenvalue weighted by molar-refractivity contribution is 0.0195. The van der Waals surface area contributed by atoms with Crippen LogP contribution < -0.4 is 0 Å². The van der Waals surface area contributed by atoms with E-state index in [-0.39, 0.29) is 11.2 Å². The zero-order chi connectivity index (χ0) is 13.2. The van der Waals surface area contributed by atoms with Crippen molar-refractivity contribution in [1.29, 1.82) is 0 Å². The summed E-state index contributed by atoms with van der Waals surface area (Å²) in [5.74, 6) is 0.0706. The first-order valence-electron chi connectivity index (χ1n) is 5.92. The van der Waals surface area contributed by atoms with Gasteiger partial charge in [-0.3, -0.25) is 4.79 Å². The lowest BCUT2D eigenvalue weighted by atomic mass is 9.83. The van der Waals surface area contributed by atoms with Crippen molar-refractivity contribution in [2.75, 3.05) is 7.11 Å². The number of ether oxygens (including phenoxy) is 1. The topological polar surface area (TPSA) is 26.3 Å². The molecule has 1 aromatic rings. The molecule has 0 aliphatic carbocycles. The van der Waals surface area contributed by atoms with E-state index in [1.807, 2.05) is 52.8 Å². The number of Topliss-reactive ketones (excluding diaryl/α,β-unsaturated/α-hetero) is 1. The molecular formula is C15H22O2. The second kappa shape index (κ2) is 5.01. The Kier molecular flexibility index (Phi) is 4.10. The average molecular weight is 234 g/mol. The molecule has 0 N–H and O–H groups in total. The Labute approximate surface area is 104 Å². The van der Waals surface area contributed by atoms with Gasteiger partial charge in [0, 0.05) is 12.7 Å². The fraction of sp³-hybridized carbons (Fsp3) is 0.533. The van der Waals surface area contributed by atoms with E-state index >= 15 is 0 Å². The molecular weight excluding hydrogens is 212 g/mol. The molecule has 0 radical (unpaired) electrons. The normalized spacial score (nSPS) is 13.5. The molecule has 0 aromatic heterocycles. The minimum Gasteiger partial charge on any atom is -0.373 e. The standard InChI is InChI=1S/C15H22O2/c1-10-8-7-9-12(11(10)2)13(16)14(17-6)15(3,4)5/h7-9,14H,1-6H3. The largest absolute Gasteiger partial charge is 0.373 e. The first-order valence-corrected chi connectivity index (χ1v) is 5.92. The second-order valence-electron chi connectivity index (χ2n) is 5.59. The molecule has 0 bridgehead atoms. The Morgan fingerprint density at radius 2 is 1.82 bits per heavy atom. The molecule has 2 heteroatoms. The Hall–Kier alpha value is -1.15. The summed E-state index contributed by atoms with van der Waals surface area (Å²) in [5.41, 5.74) is 2.76. The molecule has 94 valence electrons. The van der Waals surface area contributed by atoms with Gasteiger partial charge in [-0.05, 0) is 30.4 Å². The van der Waals surface area contributed by atoms with Crippen molar-refractivity contribution < 1.29 is 9.53 Å². The number of rotatable bonds is 3. The predicted molar refractivity (Wildman–Crippen MR) is 70.5 cm³/mol. The number of carbonyl (C=O) groups is 1. The number of methoxy groups -OCH3 is 1. The van der Waals surface area contributed by atoms with E-state index in [0.29, 0.717) is 0 Å². The van der Waals surface area contributed by atoms with E-state index < -0.39 is 6.10 Å². The SMILES string of the molecule is COC(C(=O)c1cccc(C)c1C)C(C)(C)C. The molecule has 0 heterocycles. The number of hydrogen-bond acceptors (Lipinski definition) is 2. The number of hydrogen-bond donors (Lipinski definition) is 0. The third kappa shape index (κ3) is 2.95. The van der Waals surface area contributed by atoms with Crippen LogP contribution in [-0.2, 0) is 4.74 Å². The summed E-state index contributed by atoms with van der Waals surface area (Å²) in [7, 11) is 1.60. The molecule has 1 rings (SSSR count). The molecule has 1 aromatic carbocycles. The minimum atomic E-state index is -0.400. The second-order valence-corrected chi connectivity index (χ2v) is 5.59. The van der Waals surface area contributed by atoms with E-state index in [4.69, 9.17) is 4.74 Å². The molecule has 0 saturated heterocycles. The highest BCUT2D eigenvalue weighted by Gasteiger charge is 2.32. The van der Waals surface area contributed by atoms with Crippen LogP contribution in [-0.4, -0.2) is 19.0 Å². The Balaban J connectivity index is 3.16. The van der Waals surface area contributed by atoms with Gasteiger partial charge in [-0.15, -0.1) is 0 Å². The van der Waals surface area contributed by atoms with Crippen LogP contribution in [0, 0.1) is 19.3 Å². The lowest BCUT2D eigenvalue weighted by Gasteiger charge is -2.28. The quantitative estimate of drug-likeness (QED) is 0.748. The highest BCUT2D eigenvalue weighted by Crippen LogP contribution is 2.26. The molecule has 0 aliphatic rings. The summed E-state index contributed by atoms with van der Waals surface area (Å²) < 4.78 is 5.38. The van der Waals surface area contributed by atoms with Crippen molar-refractivity contribution in [3.05, 3.63) is 34.9 Å². The van der Waals surface area contributed by atoms with Crippen LogP contribution >= 0.6 is 0 Å². The van der Waals surface area contributed by atoms with Gasteiger partial charge in [-0.2, -0.15) is 0 Å². The van der Waals surface area contributed by atoms with E-state index in [1.54, 1.807) is 7.11 Å². The molecule has 0 spiro atoms. The summed E-state index contributed by atoms with van der Waals surface area (Å²) in [6.45, 7) is 10.1. The highest BCUT2D eigenvalue weighted by molar-refractivity contribution is 6.01. The van der Waals surface area contributed by atoms with Gasteiger partial charge in [0.25, 0.3) is 0 Å². The average Bonchev–Trinajstić information content (AvgIpc) is 2.20. The number of benzene rings is 1. The van der Waals surface area contributed by atoms with E-state index in [0.717, 1.165) is 16.7 Å². The van der Waals surface area contributed by atoms with Gasteiger partial charge in [0.2, 0.25) is 0 Å². The first-order chi connectivity index (χ1) is 7.79. The van der Waals surface area contributed by atoms with Crippen LogP contribution in [0.2, 0.25) is 0 Å². The smallest absolute Gasteiger partial charge is 0.192 e. The number of carbonyl (C=O) groups excluding carboxylic acids is 1. The maximum absolute atomic E-state index is 12.5. The molecule has 0 saturated carbocycles. The monoisotopic (exact) mass is 234 g/mol. The first kappa shape index (κ1) is 13.9. The summed E-state index contributed by atoms with van der Waals surface area (Å²) in [4.78, 5) is 12.5. The lowest BCUT2D eigenvalue weighted by Crippen LogP contribution is -2.36. The third-order valence-corrected chi connectivity index (χ3v) is 3.13. The van der Waals surface area contributed by atoms with Crippen molar-refractivity contribution in [1.82, 2.24) is 0 Å². The van der Waals surface area contributed by atoms with E-state index in [2.05, 4.69) is 0 Å². The van der Waals surface area contributed by atoms with Crippen LogP contribution in [0.5, 0.6) is 0 Å². The van der Waals surface area contributed by atoms with Gasteiger partial charge in [-0.25, -0.2) is 0 Å². The van der Waals surface area contributed by atoms with E-state index in [1.165, 1.54) is 0 Å². The van der Waals surface area contributed by atoms with Gasteiger partial charge in [0.15, 0.2) is 5.78 Å². The van der Waals surface area contributed by atoms with Gasteiger partial charge < -0.3 is 4.74 Å². The zero-order valence-corrected chi connectivity index (χ0v) is 11.6. The van der Waals surface area contributed by atoms with Crippen LogP contribution in [0.4, 0.5) is 0 Å². The third-order valence-electron chi connectivity index (χ3n) is 3.13. The van der Waals surface area contributed by atoms with Crippen molar-refractivity contribution in [3.63, 3.8) is 0 Å². The molecule has 2 nitrogen and oxygen atoms in total. The molecule has 0 aliphatic heterocycles. The van der Waals surface area contributed by atoms with Crippen LogP contribution in [0.15, 0.2) is 18.2 Å². The highest BCUT2D eigenvalue weighted by atomic mass is 16.5.